The number of carbonyl (C=O) groups is 2. The molecule has 168 valence electrons. The molecule has 0 aromatic heterocycles. The van der Waals surface area contributed by atoms with Crippen LogP contribution in [0.4, 0.5) is 0 Å². The third kappa shape index (κ3) is 4.11. The molecule has 1 N–H and O–H groups in total. The maximum atomic E-state index is 13.1. The smallest absolute Gasteiger partial charge is 0.361 e. The van der Waals surface area contributed by atoms with E-state index in [0.717, 1.165) is 5.56 Å². The van der Waals surface area contributed by atoms with Gasteiger partial charge in [-0.05, 0) is 18.9 Å². The average molecular weight is 438 g/mol. The van der Waals surface area contributed by atoms with Gasteiger partial charge in [0, 0.05) is 24.4 Å². The molecule has 0 radical (unpaired) electrons. The first-order chi connectivity index (χ1) is 15.6. The van der Waals surface area contributed by atoms with Gasteiger partial charge < -0.3 is 14.7 Å². The molecule has 4 rings (SSSR count). The minimum atomic E-state index is -1.03. The van der Waals surface area contributed by atoms with Crippen LogP contribution in [0.1, 0.15) is 37.3 Å². The van der Waals surface area contributed by atoms with E-state index in [1.165, 1.54) is 0 Å². The van der Waals surface area contributed by atoms with Crippen molar-refractivity contribution < 1.29 is 29.1 Å². The van der Waals surface area contributed by atoms with Crippen molar-refractivity contribution in [3.05, 3.63) is 71.8 Å². The summed E-state index contributed by atoms with van der Waals surface area (Å²) in [4.78, 5) is 31.7. The van der Waals surface area contributed by atoms with E-state index in [9.17, 15) is 14.8 Å². The summed E-state index contributed by atoms with van der Waals surface area (Å²) in [6.07, 6.45) is 1.08. The monoisotopic (exact) mass is 438 g/mol. The number of oxime groups is 1. The van der Waals surface area contributed by atoms with E-state index in [1.807, 2.05) is 37.3 Å². The lowest BCUT2D eigenvalue weighted by atomic mass is 9.84. The van der Waals surface area contributed by atoms with E-state index >= 15 is 0 Å². The van der Waals surface area contributed by atoms with Crippen LogP contribution in [0.25, 0.3) is 0 Å². The zero-order chi connectivity index (χ0) is 22.6. The Labute approximate surface area is 186 Å². The Morgan fingerprint density at radius 1 is 1.19 bits per heavy atom. The van der Waals surface area contributed by atoms with Crippen molar-refractivity contribution in [2.75, 3.05) is 13.2 Å². The van der Waals surface area contributed by atoms with Crippen molar-refractivity contribution in [2.45, 2.75) is 43.9 Å². The van der Waals surface area contributed by atoms with Crippen molar-refractivity contribution in [1.82, 2.24) is 5.06 Å². The Morgan fingerprint density at radius 3 is 2.56 bits per heavy atom. The van der Waals surface area contributed by atoms with E-state index in [2.05, 4.69) is 5.16 Å². The standard InChI is InChI=1S/C24H26N2O6/c1-17-12-14-31-23(28)24(19-10-6-3-7-11-19)16-20(32-26(17)24)13-15-30-22(27)21(25-29)18-8-4-2-5-9-18/h2-11,17,20,29H,12-16H2,1H3. The predicted octanol–water partition coefficient (Wildman–Crippen LogP) is 3.04. The Kier molecular flexibility index (Phi) is 6.53. The van der Waals surface area contributed by atoms with Gasteiger partial charge in [-0.15, -0.1) is 0 Å². The first-order valence-corrected chi connectivity index (χ1v) is 10.7. The molecule has 8 nitrogen and oxygen atoms in total. The minimum Gasteiger partial charge on any atom is -0.464 e. The lowest BCUT2D eigenvalue weighted by Gasteiger charge is -2.35. The number of hydroxylamine groups is 2. The van der Waals surface area contributed by atoms with Crippen molar-refractivity contribution in [3.8, 4) is 0 Å². The third-order valence-electron chi connectivity index (χ3n) is 5.93. The molecule has 2 saturated heterocycles. The first kappa shape index (κ1) is 22.0. The minimum absolute atomic E-state index is 0.0274. The van der Waals surface area contributed by atoms with Gasteiger partial charge in [0.2, 0.25) is 0 Å². The molecule has 2 aliphatic rings. The van der Waals surface area contributed by atoms with Gasteiger partial charge >= 0.3 is 11.9 Å². The molecular formula is C24H26N2O6. The van der Waals surface area contributed by atoms with E-state index in [-0.39, 0.29) is 30.4 Å². The molecule has 2 heterocycles. The number of hydrogen-bond acceptors (Lipinski definition) is 8. The molecule has 8 heteroatoms. The van der Waals surface area contributed by atoms with Gasteiger partial charge in [-0.3, -0.25) is 4.84 Å². The van der Waals surface area contributed by atoms with E-state index in [1.54, 1.807) is 35.4 Å². The highest BCUT2D eigenvalue weighted by atomic mass is 16.7. The normalized spacial score (nSPS) is 26.2. The highest BCUT2D eigenvalue weighted by Crippen LogP contribution is 2.45. The fourth-order valence-electron chi connectivity index (χ4n) is 4.31. The molecule has 2 fully saturated rings. The van der Waals surface area contributed by atoms with Gasteiger partial charge in [-0.1, -0.05) is 65.8 Å². The summed E-state index contributed by atoms with van der Waals surface area (Å²) < 4.78 is 10.9. The number of cyclic esters (lactones) is 1. The van der Waals surface area contributed by atoms with Crippen LogP contribution in [-0.4, -0.2) is 53.3 Å². The van der Waals surface area contributed by atoms with Crippen LogP contribution in [0.5, 0.6) is 0 Å². The fraction of sp³-hybridized carbons (Fsp3) is 0.375. The molecule has 0 aliphatic carbocycles. The van der Waals surface area contributed by atoms with E-state index < -0.39 is 11.5 Å². The van der Waals surface area contributed by atoms with Crippen LogP contribution in [0.15, 0.2) is 65.8 Å². The Bertz CT molecular complexity index is 980. The number of rotatable bonds is 6. The molecule has 0 bridgehead atoms. The summed E-state index contributed by atoms with van der Waals surface area (Å²) in [6.45, 7) is 2.41. The second kappa shape index (κ2) is 9.50. The predicted molar refractivity (Wildman–Crippen MR) is 115 cm³/mol. The second-order valence-corrected chi connectivity index (χ2v) is 8.00. The Hall–Kier alpha value is -3.23. The SMILES string of the molecule is CC1CCOC(=O)C2(c3ccccc3)CC(CCOC(=O)C(=NO)c3ccccc3)ON12. The molecule has 2 aromatic rings. The Balaban J connectivity index is 1.46. The number of hydrogen-bond donors (Lipinski definition) is 1. The number of fused-ring (bicyclic) bond motifs is 1. The van der Waals surface area contributed by atoms with Gasteiger partial charge in [-0.25, -0.2) is 9.59 Å². The van der Waals surface area contributed by atoms with Gasteiger partial charge in [0.15, 0.2) is 11.3 Å². The zero-order valence-corrected chi connectivity index (χ0v) is 17.8. The number of ether oxygens (including phenoxy) is 2. The molecular weight excluding hydrogens is 412 g/mol. The van der Waals surface area contributed by atoms with Crippen LogP contribution in [0, 0.1) is 0 Å². The molecule has 0 amide bonds. The van der Waals surface area contributed by atoms with Crippen molar-refractivity contribution in [3.63, 3.8) is 0 Å². The highest BCUT2D eigenvalue weighted by Gasteiger charge is 2.57. The largest absolute Gasteiger partial charge is 0.464 e. The quantitative estimate of drug-likeness (QED) is 0.320. The van der Waals surface area contributed by atoms with Gasteiger partial charge in [-0.2, -0.15) is 5.06 Å². The van der Waals surface area contributed by atoms with Crippen molar-refractivity contribution in [1.29, 1.82) is 0 Å². The van der Waals surface area contributed by atoms with Crippen molar-refractivity contribution in [2.24, 2.45) is 5.16 Å². The second-order valence-electron chi connectivity index (χ2n) is 8.00. The molecule has 2 aromatic carbocycles. The van der Waals surface area contributed by atoms with Crippen molar-refractivity contribution >= 4 is 17.7 Å². The fourth-order valence-corrected chi connectivity index (χ4v) is 4.31. The van der Waals surface area contributed by atoms with Crippen LogP contribution < -0.4 is 0 Å². The maximum Gasteiger partial charge on any atom is 0.361 e. The van der Waals surface area contributed by atoms with Gasteiger partial charge in [0.1, 0.15) is 0 Å². The van der Waals surface area contributed by atoms with Gasteiger partial charge in [0.25, 0.3) is 0 Å². The van der Waals surface area contributed by atoms with Crippen LogP contribution in [0.3, 0.4) is 0 Å². The molecule has 0 saturated carbocycles. The lowest BCUT2D eigenvalue weighted by molar-refractivity contribution is -0.216. The average Bonchev–Trinajstić information content (AvgIpc) is 3.16. The van der Waals surface area contributed by atoms with Gasteiger partial charge in [0.05, 0.1) is 19.3 Å². The summed E-state index contributed by atoms with van der Waals surface area (Å²) in [6, 6.07) is 18.1. The molecule has 2 aliphatic heterocycles. The molecule has 0 spiro atoms. The topological polar surface area (TPSA) is 97.7 Å². The number of benzene rings is 2. The number of nitrogens with zero attached hydrogens (tertiary/aromatic N) is 2. The zero-order valence-electron chi connectivity index (χ0n) is 17.8. The Morgan fingerprint density at radius 2 is 1.88 bits per heavy atom. The summed E-state index contributed by atoms with van der Waals surface area (Å²) in [7, 11) is 0. The van der Waals surface area contributed by atoms with Crippen LogP contribution in [-0.2, 0) is 29.4 Å². The summed E-state index contributed by atoms with van der Waals surface area (Å²) in [5, 5.41) is 14.1. The lowest BCUT2D eigenvalue weighted by Crippen LogP contribution is -2.49. The summed E-state index contributed by atoms with van der Waals surface area (Å²) >= 11 is 0. The summed E-state index contributed by atoms with van der Waals surface area (Å²) in [5.74, 6) is -1.05. The number of esters is 2. The highest BCUT2D eigenvalue weighted by molar-refractivity contribution is 6.43. The summed E-state index contributed by atoms with van der Waals surface area (Å²) in [5.41, 5.74) is 0.0834. The van der Waals surface area contributed by atoms with Crippen LogP contribution in [0.2, 0.25) is 0 Å². The third-order valence-corrected chi connectivity index (χ3v) is 5.93. The van der Waals surface area contributed by atoms with E-state index in [4.69, 9.17) is 14.3 Å². The molecule has 3 atom stereocenters. The number of carbonyl (C=O) groups excluding carboxylic acids is 2. The molecule has 3 unspecified atom stereocenters. The maximum absolute atomic E-state index is 13.1. The first-order valence-electron chi connectivity index (χ1n) is 10.7. The van der Waals surface area contributed by atoms with E-state index in [0.29, 0.717) is 31.4 Å². The molecule has 32 heavy (non-hydrogen) atoms. The van der Waals surface area contributed by atoms with Crippen LogP contribution >= 0.6 is 0 Å².